The second-order valence-corrected chi connectivity index (χ2v) is 8.19. The molecule has 0 radical (unpaired) electrons. The van der Waals surface area contributed by atoms with Gasteiger partial charge in [0.25, 0.3) is 0 Å². The third kappa shape index (κ3) is 2.56. The summed E-state index contributed by atoms with van der Waals surface area (Å²) in [5.41, 5.74) is 0. The van der Waals surface area contributed by atoms with E-state index in [4.69, 9.17) is 6.57 Å². The van der Waals surface area contributed by atoms with E-state index in [-0.39, 0.29) is 0 Å². The summed E-state index contributed by atoms with van der Waals surface area (Å²) in [6.07, 6.45) is 8.52. The zero-order valence-electron chi connectivity index (χ0n) is 12.3. The van der Waals surface area contributed by atoms with Gasteiger partial charge in [-0.05, 0) is 18.2 Å². The molecule has 0 heterocycles. The van der Waals surface area contributed by atoms with Gasteiger partial charge in [0, 0.05) is 10.6 Å². The van der Waals surface area contributed by atoms with E-state index in [1.165, 1.54) is 15.9 Å². The highest BCUT2D eigenvalue weighted by Gasteiger charge is 2.33. The van der Waals surface area contributed by atoms with Crippen molar-refractivity contribution in [1.29, 1.82) is 0 Å². The first kappa shape index (κ1) is 14.6. The lowest BCUT2D eigenvalue weighted by atomic mass is 10.2. The van der Waals surface area contributed by atoms with Gasteiger partial charge in [0.1, 0.15) is 16.9 Å². The molecule has 3 heteroatoms. The van der Waals surface area contributed by atoms with Crippen LogP contribution in [0.5, 0.6) is 0 Å². The maximum atomic E-state index is 5.54. The van der Waals surface area contributed by atoms with Crippen molar-refractivity contribution in [2.45, 2.75) is 12.8 Å². The van der Waals surface area contributed by atoms with Crippen molar-refractivity contribution in [2.75, 3.05) is 0 Å². The van der Waals surface area contributed by atoms with Crippen LogP contribution in [-0.2, 0) is 0 Å². The van der Waals surface area contributed by atoms with Crippen molar-refractivity contribution >= 4 is 17.7 Å². The van der Waals surface area contributed by atoms with Crippen molar-refractivity contribution in [3.63, 3.8) is 0 Å². The standard InChI is InChI=1S/C19H18N2P/c1-20-21-22(17-11-5-2-6-12-17,18-13-7-3-8-14-18)19-15-9-4-10-16-19/h1-9,11-15H,10,16H2/q+1. The molecular weight excluding hydrogens is 287 g/mol. The van der Waals surface area contributed by atoms with Crippen LogP contribution in [0.1, 0.15) is 12.8 Å². The molecule has 0 bridgehead atoms. The quantitative estimate of drug-likeness (QED) is 0.564. The molecule has 0 N–H and O–H groups in total. The second-order valence-electron chi connectivity index (χ2n) is 5.14. The topological polar surface area (TPSA) is 16.7 Å². The molecule has 0 saturated heterocycles. The van der Waals surface area contributed by atoms with Gasteiger partial charge in [-0.2, -0.15) is 0 Å². The number of allylic oxidation sites excluding steroid dienone is 4. The fraction of sp³-hybridized carbons (Fsp3) is 0.105. The number of hydrogen-bond donors (Lipinski definition) is 0. The van der Waals surface area contributed by atoms with Gasteiger partial charge in [0.05, 0.1) is 0 Å². The van der Waals surface area contributed by atoms with E-state index in [1.807, 2.05) is 12.1 Å². The maximum Gasteiger partial charge on any atom is 0.307 e. The maximum absolute atomic E-state index is 5.54. The minimum atomic E-state index is -2.13. The van der Waals surface area contributed by atoms with Crippen LogP contribution in [0.4, 0.5) is 0 Å². The lowest BCUT2D eigenvalue weighted by Gasteiger charge is -2.24. The van der Waals surface area contributed by atoms with Gasteiger partial charge in [0.15, 0.2) is 0 Å². The molecule has 1 aliphatic carbocycles. The summed E-state index contributed by atoms with van der Waals surface area (Å²) in [7, 11) is -2.13. The summed E-state index contributed by atoms with van der Waals surface area (Å²) in [6.45, 7) is 5.54. The first-order valence-corrected chi connectivity index (χ1v) is 9.11. The van der Waals surface area contributed by atoms with E-state index in [2.05, 4.69) is 76.6 Å². The predicted octanol–water partition coefficient (Wildman–Crippen LogP) is 4.95. The Bertz CT molecular complexity index is 753. The number of nitrogens with zero attached hydrogens (tertiary/aromatic N) is 2. The van der Waals surface area contributed by atoms with Gasteiger partial charge in [-0.1, -0.05) is 78.9 Å². The summed E-state index contributed by atoms with van der Waals surface area (Å²) >= 11 is 0. The van der Waals surface area contributed by atoms with E-state index in [9.17, 15) is 0 Å². The highest BCUT2D eigenvalue weighted by Crippen LogP contribution is 2.57. The number of benzene rings is 2. The SMILES string of the molecule is C#[N+]N=P(C1=CC=CCC1)(c1ccccc1)c1ccccc1. The van der Waals surface area contributed by atoms with Crippen LogP contribution in [0.25, 0.3) is 4.95 Å². The van der Waals surface area contributed by atoms with Crippen molar-refractivity contribution in [3.8, 4) is 6.57 Å². The average molecular weight is 305 g/mol. The van der Waals surface area contributed by atoms with E-state index < -0.39 is 7.05 Å². The summed E-state index contributed by atoms with van der Waals surface area (Å²) in [4.78, 5) is 8.38. The zero-order chi connectivity index (χ0) is 15.3. The molecule has 1 aliphatic rings. The van der Waals surface area contributed by atoms with E-state index >= 15 is 0 Å². The van der Waals surface area contributed by atoms with Gasteiger partial charge < -0.3 is 0 Å². The molecule has 2 nitrogen and oxygen atoms in total. The Morgan fingerprint density at radius 3 is 1.95 bits per heavy atom. The van der Waals surface area contributed by atoms with Crippen molar-refractivity contribution < 1.29 is 0 Å². The average Bonchev–Trinajstić information content (AvgIpc) is 2.62. The van der Waals surface area contributed by atoms with Crippen LogP contribution < -0.4 is 10.6 Å². The molecule has 3 rings (SSSR count). The summed E-state index contributed by atoms with van der Waals surface area (Å²) < 4.78 is 0. The van der Waals surface area contributed by atoms with Gasteiger partial charge >= 0.3 is 6.57 Å². The molecule has 0 aromatic heterocycles. The molecule has 108 valence electrons. The van der Waals surface area contributed by atoms with Crippen LogP contribution in [-0.4, -0.2) is 0 Å². The minimum absolute atomic E-state index is 0.993. The third-order valence-electron chi connectivity index (χ3n) is 3.85. The highest BCUT2D eigenvalue weighted by molar-refractivity contribution is 7.84. The van der Waals surface area contributed by atoms with Crippen LogP contribution in [0.2, 0.25) is 0 Å². The second kappa shape index (κ2) is 6.60. The fourth-order valence-corrected chi connectivity index (χ4v) is 6.27. The molecule has 0 atom stereocenters. The van der Waals surface area contributed by atoms with Crippen LogP contribution in [0, 0.1) is 6.57 Å². The first-order chi connectivity index (χ1) is 10.9. The summed E-state index contributed by atoms with van der Waals surface area (Å²) in [6, 6.07) is 20.8. The molecular formula is C19H18N2P+. The molecule has 0 unspecified atom stereocenters. The molecule has 0 fully saturated rings. The molecule has 2 aromatic rings. The Balaban J connectivity index is 2.35. The summed E-state index contributed by atoms with van der Waals surface area (Å²) in [5.74, 6) is 0. The Morgan fingerprint density at radius 2 is 1.50 bits per heavy atom. The predicted molar refractivity (Wildman–Crippen MR) is 96.3 cm³/mol. The van der Waals surface area contributed by atoms with Crippen molar-refractivity contribution in [2.24, 2.45) is 4.85 Å². The molecule has 0 aliphatic heterocycles. The first-order valence-electron chi connectivity index (χ1n) is 7.37. The Kier molecular flexibility index (Phi) is 4.37. The van der Waals surface area contributed by atoms with Crippen LogP contribution >= 0.6 is 7.05 Å². The molecule has 22 heavy (non-hydrogen) atoms. The zero-order valence-corrected chi connectivity index (χ0v) is 13.2. The third-order valence-corrected chi connectivity index (χ3v) is 7.52. The van der Waals surface area contributed by atoms with E-state index in [0.29, 0.717) is 0 Å². The Morgan fingerprint density at radius 1 is 0.909 bits per heavy atom. The van der Waals surface area contributed by atoms with Crippen LogP contribution in [0.15, 0.2) is 89.1 Å². The molecule has 0 saturated carbocycles. The van der Waals surface area contributed by atoms with Crippen LogP contribution in [0.3, 0.4) is 0 Å². The van der Waals surface area contributed by atoms with Crippen molar-refractivity contribution in [1.82, 2.24) is 0 Å². The van der Waals surface area contributed by atoms with E-state index in [0.717, 1.165) is 12.8 Å². The lowest BCUT2D eigenvalue weighted by Crippen LogP contribution is -2.18. The Hall–Kier alpha value is -2.36. The summed E-state index contributed by atoms with van der Waals surface area (Å²) in [5, 5.41) is 3.70. The smallest absolute Gasteiger partial charge is 0.0842 e. The van der Waals surface area contributed by atoms with Crippen molar-refractivity contribution in [3.05, 3.63) is 89.2 Å². The monoisotopic (exact) mass is 305 g/mol. The normalized spacial score (nSPS) is 14.0. The lowest BCUT2D eigenvalue weighted by molar-refractivity contribution is 1.02. The minimum Gasteiger partial charge on any atom is -0.0842 e. The fourth-order valence-electron chi connectivity index (χ4n) is 2.87. The molecule has 0 amide bonds. The number of hydrogen-bond acceptors (Lipinski definition) is 1. The van der Waals surface area contributed by atoms with Gasteiger partial charge in [-0.15, -0.1) is 0 Å². The van der Waals surface area contributed by atoms with Gasteiger partial charge in [0.2, 0.25) is 0 Å². The highest BCUT2D eigenvalue weighted by atomic mass is 31.2. The molecule has 2 aromatic carbocycles. The Labute approximate surface area is 131 Å². The van der Waals surface area contributed by atoms with Gasteiger partial charge in [-0.25, -0.2) is 0 Å². The largest absolute Gasteiger partial charge is 0.307 e. The van der Waals surface area contributed by atoms with Gasteiger partial charge in [-0.3, -0.25) is 0 Å². The molecule has 0 spiro atoms. The number of rotatable bonds is 3. The van der Waals surface area contributed by atoms with E-state index in [1.54, 1.807) is 0 Å².